The van der Waals surface area contributed by atoms with Crippen molar-refractivity contribution < 1.29 is 17.6 Å². The van der Waals surface area contributed by atoms with Crippen molar-refractivity contribution in [2.45, 2.75) is 11.4 Å². The van der Waals surface area contributed by atoms with Gasteiger partial charge in [0.25, 0.3) is 11.8 Å². The van der Waals surface area contributed by atoms with Crippen LogP contribution in [-0.2, 0) is 16.6 Å². The van der Waals surface area contributed by atoms with E-state index in [9.17, 15) is 13.2 Å². The van der Waals surface area contributed by atoms with Gasteiger partial charge in [0, 0.05) is 19.2 Å². The first-order valence-electron chi connectivity index (χ1n) is 9.22. The second-order valence-electron chi connectivity index (χ2n) is 6.61. The van der Waals surface area contributed by atoms with Gasteiger partial charge >= 0.3 is 6.01 Å². The van der Waals surface area contributed by atoms with Crippen molar-refractivity contribution >= 4 is 33.3 Å². The van der Waals surface area contributed by atoms with Crippen molar-refractivity contribution in [3.8, 4) is 10.8 Å². The number of sulfonamides is 1. The maximum atomic E-state index is 12.8. The number of amides is 1. The topological polar surface area (TPSA) is 105 Å². The lowest BCUT2D eigenvalue weighted by Crippen LogP contribution is -2.26. The zero-order valence-corrected chi connectivity index (χ0v) is 18.1. The molecule has 0 radical (unpaired) electrons. The molecule has 10 heteroatoms. The number of hydrogen-bond acceptors (Lipinski definition) is 7. The molecular weight excluding hydrogens is 436 g/mol. The van der Waals surface area contributed by atoms with Crippen molar-refractivity contribution in [3.05, 3.63) is 83.2 Å². The first-order chi connectivity index (χ1) is 14.9. The summed E-state index contributed by atoms with van der Waals surface area (Å²) in [5.41, 5.74) is 1.14. The van der Waals surface area contributed by atoms with Crippen LogP contribution in [0.2, 0.25) is 0 Å². The molecule has 158 valence electrons. The number of thiophene rings is 1. The number of benzene rings is 2. The number of rotatable bonds is 7. The molecule has 0 unspecified atom stereocenters. The summed E-state index contributed by atoms with van der Waals surface area (Å²) in [4.78, 5) is 13.3. The molecule has 2 aromatic carbocycles. The van der Waals surface area contributed by atoms with Crippen LogP contribution in [0.3, 0.4) is 0 Å². The lowest BCUT2D eigenvalue weighted by atomic mass is 10.2. The van der Waals surface area contributed by atoms with E-state index in [1.165, 1.54) is 47.0 Å². The van der Waals surface area contributed by atoms with Crippen molar-refractivity contribution in [2.75, 3.05) is 12.4 Å². The monoisotopic (exact) mass is 454 g/mol. The lowest BCUT2D eigenvalue weighted by molar-refractivity contribution is 0.102. The summed E-state index contributed by atoms with van der Waals surface area (Å²) < 4.78 is 32.3. The summed E-state index contributed by atoms with van der Waals surface area (Å²) in [5, 5.41) is 12.1. The predicted molar refractivity (Wildman–Crippen MR) is 117 cm³/mol. The first-order valence-corrected chi connectivity index (χ1v) is 11.5. The second-order valence-corrected chi connectivity index (χ2v) is 9.61. The van der Waals surface area contributed by atoms with Crippen LogP contribution in [0.25, 0.3) is 10.8 Å². The van der Waals surface area contributed by atoms with Crippen molar-refractivity contribution in [1.29, 1.82) is 0 Å². The Morgan fingerprint density at radius 2 is 1.77 bits per heavy atom. The fourth-order valence-corrected chi connectivity index (χ4v) is 4.63. The minimum atomic E-state index is -3.70. The molecule has 0 aliphatic rings. The number of carbonyl (C=O) groups excluding carboxylic acids is 1. The summed E-state index contributed by atoms with van der Waals surface area (Å²) in [5.74, 6) is -0.170. The van der Waals surface area contributed by atoms with Gasteiger partial charge in [0.15, 0.2) is 0 Å². The minimum absolute atomic E-state index is 0.0345. The molecule has 1 amide bonds. The molecule has 4 aromatic rings. The average Bonchev–Trinajstić information content (AvgIpc) is 3.46. The van der Waals surface area contributed by atoms with E-state index in [0.717, 1.165) is 10.4 Å². The van der Waals surface area contributed by atoms with E-state index in [1.807, 2.05) is 47.8 Å². The highest BCUT2D eigenvalue weighted by Crippen LogP contribution is 2.24. The van der Waals surface area contributed by atoms with Gasteiger partial charge in [0.2, 0.25) is 10.0 Å². The zero-order chi connectivity index (χ0) is 21.8. The third-order valence-corrected chi connectivity index (χ3v) is 7.13. The summed E-state index contributed by atoms with van der Waals surface area (Å²) in [6.07, 6.45) is 0. The standard InChI is InChI=1S/C21H18N4O4S2/c1-25(14-15-6-3-2-4-7-15)31(27,28)17-11-9-16(10-12-17)19(26)22-21-24-23-20(29-21)18-8-5-13-30-18/h2-13H,14H2,1H3,(H,22,24,26). The van der Waals surface area contributed by atoms with Crippen molar-refractivity contribution in [3.63, 3.8) is 0 Å². The molecule has 0 aliphatic heterocycles. The molecule has 0 atom stereocenters. The fourth-order valence-electron chi connectivity index (χ4n) is 2.83. The van der Waals surface area contributed by atoms with Gasteiger partial charge in [-0.05, 0) is 41.3 Å². The Kier molecular flexibility index (Phi) is 5.94. The summed E-state index contributed by atoms with van der Waals surface area (Å²) in [7, 11) is -2.18. The molecule has 0 saturated carbocycles. The number of anilines is 1. The molecule has 8 nitrogen and oxygen atoms in total. The maximum Gasteiger partial charge on any atom is 0.322 e. The minimum Gasteiger partial charge on any atom is -0.402 e. The summed E-state index contributed by atoms with van der Waals surface area (Å²) in [6, 6.07) is 18.6. The van der Waals surface area contributed by atoms with E-state index in [0.29, 0.717) is 5.89 Å². The molecule has 4 rings (SSSR count). The Balaban J connectivity index is 1.44. The van der Waals surface area contributed by atoms with Crippen LogP contribution in [0.5, 0.6) is 0 Å². The number of nitrogens with zero attached hydrogens (tertiary/aromatic N) is 3. The molecule has 1 N–H and O–H groups in total. The Morgan fingerprint density at radius 3 is 2.45 bits per heavy atom. The Morgan fingerprint density at radius 1 is 1.03 bits per heavy atom. The number of hydrogen-bond donors (Lipinski definition) is 1. The highest BCUT2D eigenvalue weighted by Gasteiger charge is 2.21. The maximum absolute atomic E-state index is 12.8. The van der Waals surface area contributed by atoms with Crippen LogP contribution < -0.4 is 5.32 Å². The van der Waals surface area contributed by atoms with E-state index in [4.69, 9.17) is 4.42 Å². The van der Waals surface area contributed by atoms with Crippen LogP contribution in [0.15, 0.2) is 81.4 Å². The lowest BCUT2D eigenvalue weighted by Gasteiger charge is -2.17. The second kappa shape index (κ2) is 8.80. The summed E-state index contributed by atoms with van der Waals surface area (Å²) >= 11 is 1.44. The third kappa shape index (κ3) is 4.71. The van der Waals surface area contributed by atoms with Gasteiger partial charge in [0.05, 0.1) is 9.77 Å². The van der Waals surface area contributed by atoms with Gasteiger partial charge < -0.3 is 4.42 Å². The van der Waals surface area contributed by atoms with Crippen LogP contribution in [-0.4, -0.2) is 35.9 Å². The van der Waals surface area contributed by atoms with Crippen molar-refractivity contribution in [2.24, 2.45) is 0 Å². The van der Waals surface area contributed by atoms with Gasteiger partial charge in [0.1, 0.15) is 0 Å². The van der Waals surface area contributed by atoms with Gasteiger partial charge in [-0.25, -0.2) is 8.42 Å². The Hall–Kier alpha value is -3.34. The molecule has 0 saturated heterocycles. The average molecular weight is 455 g/mol. The predicted octanol–water partition coefficient (Wildman–Crippen LogP) is 3.87. The highest BCUT2D eigenvalue weighted by molar-refractivity contribution is 7.89. The number of nitrogens with one attached hydrogen (secondary N) is 1. The summed E-state index contributed by atoms with van der Waals surface area (Å²) in [6.45, 7) is 0.245. The van der Waals surface area contributed by atoms with Crippen LogP contribution in [0, 0.1) is 0 Å². The third-order valence-electron chi connectivity index (χ3n) is 4.45. The van der Waals surface area contributed by atoms with Gasteiger partial charge in [-0.15, -0.1) is 16.4 Å². The van der Waals surface area contributed by atoms with Crippen molar-refractivity contribution in [1.82, 2.24) is 14.5 Å². The smallest absolute Gasteiger partial charge is 0.322 e. The number of carbonyl (C=O) groups is 1. The molecule has 0 aliphatic carbocycles. The molecule has 2 aromatic heterocycles. The molecule has 2 heterocycles. The molecule has 0 bridgehead atoms. The van der Waals surface area contributed by atoms with E-state index < -0.39 is 15.9 Å². The Labute approximate surface area is 183 Å². The van der Waals surface area contributed by atoms with Crippen LogP contribution in [0.1, 0.15) is 15.9 Å². The largest absolute Gasteiger partial charge is 0.402 e. The fraction of sp³-hybridized carbons (Fsp3) is 0.0952. The highest BCUT2D eigenvalue weighted by atomic mass is 32.2. The number of aromatic nitrogens is 2. The molecule has 0 fully saturated rings. The molecule has 0 spiro atoms. The quantitative estimate of drug-likeness (QED) is 0.454. The zero-order valence-electron chi connectivity index (χ0n) is 16.4. The Bertz CT molecular complexity index is 1270. The van der Waals surface area contributed by atoms with E-state index in [2.05, 4.69) is 15.5 Å². The van der Waals surface area contributed by atoms with Gasteiger partial charge in [-0.1, -0.05) is 41.5 Å². The van der Waals surface area contributed by atoms with Crippen LogP contribution >= 0.6 is 11.3 Å². The first kappa shape index (κ1) is 20.9. The van der Waals surface area contributed by atoms with Gasteiger partial charge in [-0.3, -0.25) is 10.1 Å². The SMILES string of the molecule is CN(Cc1ccccc1)S(=O)(=O)c1ccc(C(=O)Nc2nnc(-c3cccs3)o2)cc1. The normalized spacial score (nSPS) is 11.5. The van der Waals surface area contributed by atoms with Gasteiger partial charge in [-0.2, -0.15) is 4.31 Å². The molecule has 31 heavy (non-hydrogen) atoms. The van der Waals surface area contributed by atoms with E-state index in [-0.39, 0.29) is 23.0 Å². The molecular formula is C21H18N4O4S2. The van der Waals surface area contributed by atoms with Crippen LogP contribution in [0.4, 0.5) is 6.01 Å². The van der Waals surface area contributed by atoms with E-state index >= 15 is 0 Å². The van der Waals surface area contributed by atoms with E-state index in [1.54, 1.807) is 0 Å².